The van der Waals surface area contributed by atoms with Crippen LogP contribution in [0.5, 0.6) is 0 Å². The van der Waals surface area contributed by atoms with Gasteiger partial charge in [-0.05, 0) is 18.2 Å². The van der Waals surface area contributed by atoms with Crippen LogP contribution in [0.1, 0.15) is 15.9 Å². The van der Waals surface area contributed by atoms with Crippen LogP contribution in [-0.2, 0) is 9.53 Å². The van der Waals surface area contributed by atoms with Crippen molar-refractivity contribution in [3.63, 3.8) is 0 Å². The van der Waals surface area contributed by atoms with E-state index in [0.717, 1.165) is 0 Å². The van der Waals surface area contributed by atoms with Crippen molar-refractivity contribution in [2.45, 2.75) is 0 Å². The lowest BCUT2D eigenvalue weighted by atomic mass is 10.1. The predicted molar refractivity (Wildman–Crippen MR) is 53.9 cm³/mol. The number of carbonyl (C=O) groups is 2. The van der Waals surface area contributed by atoms with Gasteiger partial charge in [0.15, 0.2) is 0 Å². The van der Waals surface area contributed by atoms with Gasteiger partial charge in [0, 0.05) is 17.0 Å². The monoisotopic (exact) mass is 203 g/mol. The summed E-state index contributed by atoms with van der Waals surface area (Å²) in [5.74, 6) is 3.65. The molecule has 1 aromatic carbocycles. The van der Waals surface area contributed by atoms with E-state index in [0.29, 0.717) is 11.1 Å². The first kappa shape index (κ1) is 10.8. The summed E-state index contributed by atoms with van der Waals surface area (Å²) in [5.41, 5.74) is 5.98. The fraction of sp³-hybridized carbons (Fsp3) is 0.0909. The molecule has 0 saturated carbocycles. The number of hydrogen-bond donors (Lipinski definition) is 1. The van der Waals surface area contributed by atoms with Crippen LogP contribution in [0, 0.1) is 11.8 Å². The molecule has 0 radical (unpaired) electrons. The molecule has 0 atom stereocenters. The molecule has 1 aromatic rings. The van der Waals surface area contributed by atoms with Crippen LogP contribution < -0.4 is 5.73 Å². The maximum Gasteiger partial charge on any atom is 0.384 e. The summed E-state index contributed by atoms with van der Waals surface area (Å²) < 4.78 is 4.35. The Balaban J connectivity index is 2.95. The number of benzene rings is 1. The number of amides is 1. The lowest BCUT2D eigenvalue weighted by Crippen LogP contribution is -2.10. The maximum absolute atomic E-state index is 10.8. The normalized spacial score (nSPS) is 8.60. The second-order valence-electron chi connectivity index (χ2n) is 2.69. The summed E-state index contributed by atoms with van der Waals surface area (Å²) in [6, 6.07) is 6.40. The number of ether oxygens (including phenoxy) is 1. The fourth-order valence-corrected chi connectivity index (χ4v) is 0.924. The molecule has 76 valence electrons. The summed E-state index contributed by atoms with van der Waals surface area (Å²) in [4.78, 5) is 21.5. The highest BCUT2D eigenvalue weighted by Crippen LogP contribution is 2.02. The summed E-state index contributed by atoms with van der Waals surface area (Å²) in [5, 5.41) is 0. The van der Waals surface area contributed by atoms with Gasteiger partial charge >= 0.3 is 5.97 Å². The van der Waals surface area contributed by atoms with Crippen molar-refractivity contribution in [1.29, 1.82) is 0 Å². The zero-order valence-electron chi connectivity index (χ0n) is 8.11. The minimum Gasteiger partial charge on any atom is -0.459 e. The van der Waals surface area contributed by atoms with Crippen molar-refractivity contribution in [3.8, 4) is 11.8 Å². The minimum absolute atomic E-state index is 0.353. The van der Waals surface area contributed by atoms with Gasteiger partial charge in [-0.2, -0.15) is 0 Å². The van der Waals surface area contributed by atoms with Crippen LogP contribution >= 0.6 is 0 Å². The quantitative estimate of drug-likeness (QED) is 0.527. The number of esters is 1. The molecule has 0 fully saturated rings. The molecule has 4 heteroatoms. The molecule has 0 spiro atoms. The Bertz CT molecular complexity index is 454. The smallest absolute Gasteiger partial charge is 0.384 e. The Morgan fingerprint density at radius 2 is 2.13 bits per heavy atom. The molecule has 0 unspecified atom stereocenters. The Morgan fingerprint density at radius 3 is 2.73 bits per heavy atom. The standard InChI is InChI=1S/C11H9NO3/c1-15-10(13)6-5-8-3-2-4-9(7-8)11(12)14/h2-4,7H,1H3,(H2,12,14). The lowest BCUT2D eigenvalue weighted by molar-refractivity contribution is -0.133. The van der Waals surface area contributed by atoms with Gasteiger partial charge in [0.1, 0.15) is 0 Å². The highest BCUT2D eigenvalue weighted by Gasteiger charge is 1.99. The van der Waals surface area contributed by atoms with Crippen molar-refractivity contribution in [3.05, 3.63) is 35.4 Å². The third-order valence-electron chi connectivity index (χ3n) is 1.64. The Kier molecular flexibility index (Phi) is 3.47. The third-order valence-corrected chi connectivity index (χ3v) is 1.64. The van der Waals surface area contributed by atoms with Crippen LogP contribution in [0.2, 0.25) is 0 Å². The predicted octanol–water partition coefficient (Wildman–Crippen LogP) is 0.310. The van der Waals surface area contributed by atoms with E-state index in [1.807, 2.05) is 0 Å². The zero-order valence-corrected chi connectivity index (χ0v) is 8.11. The molecule has 0 aliphatic rings. The summed E-state index contributed by atoms with van der Waals surface area (Å²) in [7, 11) is 1.25. The number of carbonyl (C=O) groups excluding carboxylic acids is 2. The number of methoxy groups -OCH3 is 1. The van der Waals surface area contributed by atoms with E-state index in [-0.39, 0.29) is 0 Å². The van der Waals surface area contributed by atoms with Crippen LogP contribution in [0.25, 0.3) is 0 Å². The molecule has 0 aliphatic heterocycles. The highest BCUT2D eigenvalue weighted by atomic mass is 16.5. The van der Waals surface area contributed by atoms with Crippen molar-refractivity contribution >= 4 is 11.9 Å². The minimum atomic E-state index is -0.625. The first-order chi connectivity index (χ1) is 7.13. The molecule has 15 heavy (non-hydrogen) atoms. The van der Waals surface area contributed by atoms with Gasteiger partial charge in [0.2, 0.25) is 5.91 Å². The van der Waals surface area contributed by atoms with Crippen molar-refractivity contribution in [2.24, 2.45) is 5.73 Å². The summed E-state index contributed by atoms with van der Waals surface area (Å²) in [6.45, 7) is 0. The Labute approximate surface area is 87.0 Å². The van der Waals surface area contributed by atoms with E-state index >= 15 is 0 Å². The first-order valence-electron chi connectivity index (χ1n) is 4.13. The molecule has 4 nitrogen and oxygen atoms in total. The van der Waals surface area contributed by atoms with E-state index < -0.39 is 11.9 Å². The topological polar surface area (TPSA) is 69.4 Å². The number of nitrogens with two attached hydrogens (primary N) is 1. The van der Waals surface area contributed by atoms with E-state index in [9.17, 15) is 9.59 Å². The van der Waals surface area contributed by atoms with Gasteiger partial charge in [0.25, 0.3) is 0 Å². The van der Waals surface area contributed by atoms with E-state index in [1.54, 1.807) is 18.2 Å². The van der Waals surface area contributed by atoms with Gasteiger partial charge in [-0.15, -0.1) is 0 Å². The van der Waals surface area contributed by atoms with Crippen molar-refractivity contribution in [2.75, 3.05) is 7.11 Å². The van der Waals surface area contributed by atoms with Gasteiger partial charge in [-0.1, -0.05) is 12.0 Å². The Hall–Kier alpha value is -2.28. The number of primary amides is 1. The van der Waals surface area contributed by atoms with Gasteiger partial charge in [-0.3, -0.25) is 4.79 Å². The van der Waals surface area contributed by atoms with Crippen molar-refractivity contribution < 1.29 is 14.3 Å². The SMILES string of the molecule is COC(=O)C#Cc1cccc(C(N)=O)c1. The first-order valence-corrected chi connectivity index (χ1v) is 4.13. The molecule has 0 saturated heterocycles. The van der Waals surface area contributed by atoms with Crippen LogP contribution in [0.15, 0.2) is 24.3 Å². The number of hydrogen-bond acceptors (Lipinski definition) is 3. The Morgan fingerprint density at radius 1 is 1.40 bits per heavy atom. The summed E-state index contributed by atoms with van der Waals surface area (Å²) in [6.07, 6.45) is 0. The molecule has 1 amide bonds. The van der Waals surface area contributed by atoms with Crippen LogP contribution in [-0.4, -0.2) is 19.0 Å². The third kappa shape index (κ3) is 3.16. The second kappa shape index (κ2) is 4.82. The van der Waals surface area contributed by atoms with E-state index in [2.05, 4.69) is 16.6 Å². The fourth-order valence-electron chi connectivity index (χ4n) is 0.924. The molecule has 2 N–H and O–H groups in total. The van der Waals surface area contributed by atoms with Gasteiger partial charge in [0.05, 0.1) is 7.11 Å². The molecule has 0 aromatic heterocycles. The number of rotatable bonds is 1. The van der Waals surface area contributed by atoms with E-state index in [4.69, 9.17) is 5.73 Å². The van der Waals surface area contributed by atoms with Crippen LogP contribution in [0.3, 0.4) is 0 Å². The second-order valence-corrected chi connectivity index (χ2v) is 2.69. The largest absolute Gasteiger partial charge is 0.459 e. The zero-order chi connectivity index (χ0) is 11.3. The van der Waals surface area contributed by atoms with Crippen molar-refractivity contribution in [1.82, 2.24) is 0 Å². The lowest BCUT2D eigenvalue weighted by Gasteiger charge is -1.94. The van der Waals surface area contributed by atoms with Crippen LogP contribution in [0.4, 0.5) is 0 Å². The average molecular weight is 203 g/mol. The average Bonchev–Trinajstić information content (AvgIpc) is 2.26. The maximum atomic E-state index is 10.8. The van der Waals surface area contributed by atoms with Gasteiger partial charge < -0.3 is 10.5 Å². The molecule has 0 heterocycles. The summed E-state index contributed by atoms with van der Waals surface area (Å²) >= 11 is 0. The van der Waals surface area contributed by atoms with E-state index in [1.165, 1.54) is 13.2 Å². The molecule has 1 rings (SSSR count). The molecule has 0 aliphatic carbocycles. The molecule has 0 bridgehead atoms. The molecular weight excluding hydrogens is 194 g/mol. The molecular formula is C11H9NO3. The van der Waals surface area contributed by atoms with Gasteiger partial charge in [-0.25, -0.2) is 4.79 Å². The highest BCUT2D eigenvalue weighted by molar-refractivity contribution is 5.93.